The molecule has 0 bridgehead atoms. The monoisotopic (exact) mass is 127 g/mol. The first kappa shape index (κ1) is 5.63. The minimum Gasteiger partial charge on any atom is -0.391 e. The highest BCUT2D eigenvalue weighted by Crippen LogP contribution is 2.21. The Morgan fingerprint density at radius 2 is 2.12 bits per heavy atom. The van der Waals surface area contributed by atoms with Crippen molar-refractivity contribution in [3.05, 3.63) is 16.5 Å². The van der Waals surface area contributed by atoms with Crippen LogP contribution in [0.15, 0.2) is 6.07 Å². The van der Waals surface area contributed by atoms with E-state index in [4.69, 9.17) is 5.73 Å². The molecule has 1 nitrogen and oxygen atoms in total. The van der Waals surface area contributed by atoms with E-state index in [9.17, 15) is 0 Å². The third-order valence-electron chi connectivity index (χ3n) is 1.19. The van der Waals surface area contributed by atoms with E-state index in [2.05, 4.69) is 13.8 Å². The Morgan fingerprint density at radius 1 is 1.50 bits per heavy atom. The van der Waals surface area contributed by atoms with Crippen LogP contribution in [0.1, 0.15) is 10.4 Å². The van der Waals surface area contributed by atoms with Crippen molar-refractivity contribution >= 4 is 16.3 Å². The maximum atomic E-state index is 5.50. The molecule has 0 spiro atoms. The first-order valence-corrected chi connectivity index (χ1v) is 3.34. The Balaban J connectivity index is 3.14. The standard InChI is InChI=1S/C6H9NS/c1-4-3-6(7)8-5(4)2/h3H,7H2,1-2H3. The molecule has 1 aromatic heterocycles. The molecule has 2 heteroatoms. The quantitative estimate of drug-likeness (QED) is 0.566. The molecule has 0 atom stereocenters. The normalized spacial score (nSPS) is 9.75. The van der Waals surface area contributed by atoms with Gasteiger partial charge in [0, 0.05) is 4.88 Å². The number of nitrogens with two attached hydrogens (primary N) is 1. The van der Waals surface area contributed by atoms with Gasteiger partial charge in [-0.25, -0.2) is 0 Å². The van der Waals surface area contributed by atoms with Crippen LogP contribution in [0.2, 0.25) is 0 Å². The van der Waals surface area contributed by atoms with E-state index in [1.165, 1.54) is 10.4 Å². The molecule has 2 N–H and O–H groups in total. The average molecular weight is 127 g/mol. The molecular formula is C6H9NS. The van der Waals surface area contributed by atoms with Crippen molar-refractivity contribution in [2.75, 3.05) is 5.73 Å². The zero-order chi connectivity index (χ0) is 6.15. The van der Waals surface area contributed by atoms with Crippen molar-refractivity contribution in [3.63, 3.8) is 0 Å². The predicted molar refractivity (Wildman–Crippen MR) is 38.2 cm³/mol. The van der Waals surface area contributed by atoms with Gasteiger partial charge in [0.25, 0.3) is 0 Å². The lowest BCUT2D eigenvalue weighted by atomic mass is 10.3. The van der Waals surface area contributed by atoms with Crippen LogP contribution in [0.25, 0.3) is 0 Å². The van der Waals surface area contributed by atoms with Crippen LogP contribution in [0, 0.1) is 13.8 Å². The number of anilines is 1. The fourth-order valence-corrected chi connectivity index (χ4v) is 1.41. The maximum Gasteiger partial charge on any atom is 0.0861 e. The zero-order valence-electron chi connectivity index (χ0n) is 5.06. The summed E-state index contributed by atoms with van der Waals surface area (Å²) in [6.07, 6.45) is 0. The van der Waals surface area contributed by atoms with Crippen molar-refractivity contribution in [1.29, 1.82) is 0 Å². The first-order valence-electron chi connectivity index (χ1n) is 2.52. The zero-order valence-corrected chi connectivity index (χ0v) is 5.88. The van der Waals surface area contributed by atoms with Crippen molar-refractivity contribution in [3.8, 4) is 0 Å². The van der Waals surface area contributed by atoms with Crippen LogP contribution >= 0.6 is 11.3 Å². The molecule has 0 saturated heterocycles. The fourth-order valence-electron chi connectivity index (χ4n) is 0.602. The van der Waals surface area contributed by atoms with E-state index >= 15 is 0 Å². The summed E-state index contributed by atoms with van der Waals surface area (Å²) < 4.78 is 0. The van der Waals surface area contributed by atoms with Crippen LogP contribution in [0.4, 0.5) is 5.00 Å². The highest BCUT2D eigenvalue weighted by Gasteiger charge is 1.94. The lowest BCUT2D eigenvalue weighted by molar-refractivity contribution is 1.44. The average Bonchev–Trinajstić information content (AvgIpc) is 1.85. The molecule has 0 aliphatic rings. The second kappa shape index (κ2) is 1.78. The highest BCUT2D eigenvalue weighted by atomic mass is 32.1. The van der Waals surface area contributed by atoms with Gasteiger partial charge >= 0.3 is 0 Å². The van der Waals surface area contributed by atoms with E-state index in [1.54, 1.807) is 11.3 Å². The summed E-state index contributed by atoms with van der Waals surface area (Å²) in [6, 6.07) is 2.00. The third-order valence-corrected chi connectivity index (χ3v) is 2.17. The Hall–Kier alpha value is -0.500. The molecule has 0 aromatic carbocycles. The molecule has 8 heavy (non-hydrogen) atoms. The SMILES string of the molecule is Cc1cc(N)sc1C. The van der Waals surface area contributed by atoms with Gasteiger partial charge in [-0.1, -0.05) is 0 Å². The van der Waals surface area contributed by atoms with E-state index in [0.29, 0.717) is 0 Å². The summed E-state index contributed by atoms with van der Waals surface area (Å²) in [5.41, 5.74) is 6.80. The van der Waals surface area contributed by atoms with Gasteiger partial charge in [0.2, 0.25) is 0 Å². The molecule has 0 aliphatic carbocycles. The molecular weight excluding hydrogens is 118 g/mol. The number of aryl methyl sites for hydroxylation is 2. The Labute approximate surface area is 53.1 Å². The van der Waals surface area contributed by atoms with Crippen LogP contribution in [-0.4, -0.2) is 0 Å². The summed E-state index contributed by atoms with van der Waals surface area (Å²) in [5, 5.41) is 0.917. The molecule has 0 unspecified atom stereocenters. The van der Waals surface area contributed by atoms with Gasteiger partial charge in [0.15, 0.2) is 0 Å². The van der Waals surface area contributed by atoms with Crippen LogP contribution in [0.3, 0.4) is 0 Å². The van der Waals surface area contributed by atoms with Gasteiger partial charge in [-0.15, -0.1) is 11.3 Å². The largest absolute Gasteiger partial charge is 0.391 e. The summed E-state index contributed by atoms with van der Waals surface area (Å²) in [7, 11) is 0. The molecule has 1 rings (SSSR count). The van der Waals surface area contributed by atoms with Crippen molar-refractivity contribution in [1.82, 2.24) is 0 Å². The second-order valence-electron chi connectivity index (χ2n) is 1.89. The van der Waals surface area contributed by atoms with Crippen LogP contribution in [-0.2, 0) is 0 Å². The molecule has 0 fully saturated rings. The summed E-state index contributed by atoms with van der Waals surface area (Å²) in [4.78, 5) is 1.32. The summed E-state index contributed by atoms with van der Waals surface area (Å²) >= 11 is 1.65. The molecule has 0 radical (unpaired) electrons. The number of rotatable bonds is 0. The Kier molecular flexibility index (Phi) is 1.26. The van der Waals surface area contributed by atoms with Crippen LogP contribution < -0.4 is 5.73 Å². The van der Waals surface area contributed by atoms with Crippen molar-refractivity contribution < 1.29 is 0 Å². The van der Waals surface area contributed by atoms with Gasteiger partial charge in [-0.3, -0.25) is 0 Å². The maximum absolute atomic E-state index is 5.50. The topological polar surface area (TPSA) is 26.0 Å². The van der Waals surface area contributed by atoms with E-state index in [1.807, 2.05) is 6.07 Å². The molecule has 1 aromatic rings. The lowest BCUT2D eigenvalue weighted by Crippen LogP contribution is -1.73. The third kappa shape index (κ3) is 0.842. The minimum absolute atomic E-state index is 0.917. The van der Waals surface area contributed by atoms with Gasteiger partial charge in [-0.05, 0) is 25.5 Å². The first-order chi connectivity index (χ1) is 3.70. The van der Waals surface area contributed by atoms with E-state index in [-0.39, 0.29) is 0 Å². The van der Waals surface area contributed by atoms with Gasteiger partial charge in [0.05, 0.1) is 5.00 Å². The summed E-state index contributed by atoms with van der Waals surface area (Å²) in [6.45, 7) is 4.15. The number of hydrogen-bond donors (Lipinski definition) is 1. The van der Waals surface area contributed by atoms with Gasteiger partial charge in [-0.2, -0.15) is 0 Å². The molecule has 1 heterocycles. The van der Waals surface area contributed by atoms with E-state index < -0.39 is 0 Å². The van der Waals surface area contributed by atoms with Gasteiger partial charge in [0.1, 0.15) is 0 Å². The molecule has 0 amide bonds. The number of thiophene rings is 1. The van der Waals surface area contributed by atoms with Crippen LogP contribution in [0.5, 0.6) is 0 Å². The molecule has 0 aliphatic heterocycles. The second-order valence-corrected chi connectivity index (χ2v) is 3.18. The Bertz CT molecular complexity index is 171. The summed E-state index contributed by atoms with van der Waals surface area (Å²) in [5.74, 6) is 0. The fraction of sp³-hybridized carbons (Fsp3) is 0.333. The highest BCUT2D eigenvalue weighted by molar-refractivity contribution is 7.15. The smallest absolute Gasteiger partial charge is 0.0861 e. The number of hydrogen-bond acceptors (Lipinski definition) is 2. The molecule has 44 valence electrons. The van der Waals surface area contributed by atoms with Crippen molar-refractivity contribution in [2.24, 2.45) is 0 Å². The predicted octanol–water partition coefficient (Wildman–Crippen LogP) is 1.95. The van der Waals surface area contributed by atoms with Gasteiger partial charge < -0.3 is 5.73 Å². The molecule has 0 saturated carbocycles. The minimum atomic E-state index is 0.917. The number of nitrogen functional groups attached to an aromatic ring is 1. The van der Waals surface area contributed by atoms with Crippen molar-refractivity contribution in [2.45, 2.75) is 13.8 Å². The lowest BCUT2D eigenvalue weighted by Gasteiger charge is -1.79. The van der Waals surface area contributed by atoms with E-state index in [0.717, 1.165) is 5.00 Å². The Morgan fingerprint density at radius 3 is 2.25 bits per heavy atom.